The van der Waals surface area contributed by atoms with E-state index < -0.39 is 29.6 Å². The maximum atomic E-state index is 13.1. The Hall–Kier alpha value is -3.94. The fourth-order valence-electron chi connectivity index (χ4n) is 3.03. The van der Waals surface area contributed by atoms with Gasteiger partial charge in [0.05, 0.1) is 0 Å². The van der Waals surface area contributed by atoms with Crippen LogP contribution in [0.25, 0.3) is 17.0 Å². The Morgan fingerprint density at radius 1 is 1.13 bits per heavy atom. The minimum absolute atomic E-state index is 0.0506. The van der Waals surface area contributed by atoms with E-state index in [1.807, 2.05) is 24.3 Å². The quantitative estimate of drug-likeness (QED) is 0.450. The van der Waals surface area contributed by atoms with Crippen molar-refractivity contribution in [3.8, 4) is 0 Å². The summed E-state index contributed by atoms with van der Waals surface area (Å²) in [5.74, 6) is -2.91. The Labute approximate surface area is 171 Å². The van der Waals surface area contributed by atoms with Gasteiger partial charge in [0.15, 0.2) is 0 Å². The predicted octanol–water partition coefficient (Wildman–Crippen LogP) is 2.60. The first-order chi connectivity index (χ1) is 14.3. The zero-order chi connectivity index (χ0) is 21.7. The highest BCUT2D eigenvalue weighted by Crippen LogP contribution is 2.19. The summed E-state index contributed by atoms with van der Waals surface area (Å²) in [6, 6.07) is 11.5. The van der Waals surface area contributed by atoms with E-state index in [2.05, 4.69) is 15.6 Å². The van der Waals surface area contributed by atoms with Crippen LogP contribution in [0.2, 0.25) is 0 Å². The summed E-state index contributed by atoms with van der Waals surface area (Å²) in [6.45, 7) is 1.23. The summed E-state index contributed by atoms with van der Waals surface area (Å²) in [6.07, 6.45) is 3.10. The highest BCUT2D eigenvalue weighted by molar-refractivity contribution is 6.02. The largest absolute Gasteiger partial charge is 0.480 e. The lowest BCUT2D eigenvalue weighted by atomic mass is 10.0. The van der Waals surface area contributed by atoms with Crippen molar-refractivity contribution in [2.24, 2.45) is 0 Å². The van der Waals surface area contributed by atoms with Gasteiger partial charge in [0.2, 0.25) is 5.91 Å². The first-order valence-electron chi connectivity index (χ1n) is 9.17. The molecule has 1 heterocycles. The monoisotopic (exact) mass is 409 g/mol. The molecule has 30 heavy (non-hydrogen) atoms. The summed E-state index contributed by atoms with van der Waals surface area (Å²) >= 11 is 0. The van der Waals surface area contributed by atoms with Crippen LogP contribution in [0.3, 0.4) is 0 Å². The van der Waals surface area contributed by atoms with Crippen LogP contribution < -0.4 is 10.6 Å². The molecule has 0 radical (unpaired) electrons. The standard InChI is InChI=1S/C22H20FN3O4/c1-13(27)25-19(10-14-6-8-16(23)9-7-14)21(28)26-20(22(29)30)11-15-12-24-18-5-3-2-4-17(15)18/h2-10,12,20,24H,11H2,1H3,(H,25,27)(H,26,28)(H,29,30)/b19-10-. The molecule has 8 heteroatoms. The van der Waals surface area contributed by atoms with Gasteiger partial charge in [0, 0.05) is 30.4 Å². The molecule has 1 atom stereocenters. The van der Waals surface area contributed by atoms with E-state index >= 15 is 0 Å². The van der Waals surface area contributed by atoms with Crippen molar-refractivity contribution in [1.29, 1.82) is 0 Å². The van der Waals surface area contributed by atoms with E-state index in [0.717, 1.165) is 16.5 Å². The third-order valence-corrected chi connectivity index (χ3v) is 4.44. The van der Waals surface area contributed by atoms with Gasteiger partial charge in [0.1, 0.15) is 17.6 Å². The predicted molar refractivity (Wildman–Crippen MR) is 110 cm³/mol. The van der Waals surface area contributed by atoms with Gasteiger partial charge in [-0.2, -0.15) is 0 Å². The number of fused-ring (bicyclic) bond motifs is 1. The number of nitrogens with one attached hydrogen (secondary N) is 3. The molecule has 2 aromatic carbocycles. The number of hydrogen-bond acceptors (Lipinski definition) is 3. The summed E-state index contributed by atoms with van der Waals surface area (Å²) in [4.78, 5) is 39.1. The molecule has 3 aromatic rings. The lowest BCUT2D eigenvalue weighted by Crippen LogP contribution is -2.45. The van der Waals surface area contributed by atoms with E-state index in [1.54, 1.807) is 6.20 Å². The molecule has 3 rings (SSSR count). The zero-order valence-electron chi connectivity index (χ0n) is 16.1. The number of para-hydroxylation sites is 1. The minimum Gasteiger partial charge on any atom is -0.480 e. The SMILES string of the molecule is CC(=O)N/C(=C\c1ccc(F)cc1)C(=O)NC(Cc1c[nH]c2ccccc12)C(=O)O. The molecule has 2 amide bonds. The number of halogens is 1. The number of carboxylic acid groups (broad SMARTS) is 1. The van der Waals surface area contributed by atoms with Crippen LogP contribution in [-0.4, -0.2) is 33.9 Å². The second-order valence-corrected chi connectivity index (χ2v) is 6.72. The Morgan fingerprint density at radius 2 is 1.83 bits per heavy atom. The maximum absolute atomic E-state index is 13.1. The maximum Gasteiger partial charge on any atom is 0.326 e. The number of carboxylic acids is 1. The van der Waals surface area contributed by atoms with Crippen LogP contribution in [0, 0.1) is 5.82 Å². The van der Waals surface area contributed by atoms with Crippen molar-refractivity contribution in [3.63, 3.8) is 0 Å². The number of H-pyrrole nitrogens is 1. The summed E-state index contributed by atoms with van der Waals surface area (Å²) in [5.41, 5.74) is 1.93. The van der Waals surface area contributed by atoms with Gasteiger partial charge < -0.3 is 20.7 Å². The molecule has 0 saturated heterocycles. The highest BCUT2D eigenvalue weighted by atomic mass is 19.1. The molecule has 0 bridgehead atoms. The van der Waals surface area contributed by atoms with Gasteiger partial charge >= 0.3 is 5.97 Å². The molecule has 4 N–H and O–H groups in total. The Morgan fingerprint density at radius 3 is 2.50 bits per heavy atom. The molecule has 1 aromatic heterocycles. The van der Waals surface area contributed by atoms with Gasteiger partial charge in [-0.15, -0.1) is 0 Å². The number of amides is 2. The number of aliphatic carboxylic acids is 1. The molecular formula is C22H20FN3O4. The Kier molecular flexibility index (Phi) is 6.26. The number of carbonyl (C=O) groups is 3. The molecule has 7 nitrogen and oxygen atoms in total. The second-order valence-electron chi connectivity index (χ2n) is 6.72. The number of aromatic nitrogens is 1. The topological polar surface area (TPSA) is 111 Å². The van der Waals surface area contributed by atoms with Crippen molar-refractivity contribution in [3.05, 3.63) is 77.4 Å². The van der Waals surface area contributed by atoms with Crippen LogP contribution in [0.5, 0.6) is 0 Å². The van der Waals surface area contributed by atoms with Crippen molar-refractivity contribution in [2.75, 3.05) is 0 Å². The van der Waals surface area contributed by atoms with Gasteiger partial charge in [0.25, 0.3) is 5.91 Å². The molecule has 0 fully saturated rings. The molecule has 0 spiro atoms. The average molecular weight is 409 g/mol. The van der Waals surface area contributed by atoms with Gasteiger partial charge in [-0.3, -0.25) is 9.59 Å². The number of carbonyl (C=O) groups excluding carboxylic acids is 2. The van der Waals surface area contributed by atoms with Crippen LogP contribution in [0.15, 0.2) is 60.4 Å². The third-order valence-electron chi connectivity index (χ3n) is 4.44. The number of aromatic amines is 1. The smallest absolute Gasteiger partial charge is 0.326 e. The molecular weight excluding hydrogens is 389 g/mol. The molecule has 0 aliphatic rings. The van der Waals surface area contributed by atoms with Crippen molar-refractivity contribution < 1.29 is 23.9 Å². The number of hydrogen-bond donors (Lipinski definition) is 4. The molecule has 0 saturated carbocycles. The lowest BCUT2D eigenvalue weighted by molar-refractivity contribution is -0.141. The summed E-state index contributed by atoms with van der Waals surface area (Å²) < 4.78 is 13.1. The highest BCUT2D eigenvalue weighted by Gasteiger charge is 2.24. The minimum atomic E-state index is -1.22. The van der Waals surface area contributed by atoms with E-state index in [1.165, 1.54) is 37.3 Å². The summed E-state index contributed by atoms with van der Waals surface area (Å²) in [5, 5.41) is 15.3. The van der Waals surface area contributed by atoms with Gasteiger partial charge in [-0.05, 0) is 35.4 Å². The first-order valence-corrected chi connectivity index (χ1v) is 9.17. The van der Waals surface area contributed by atoms with Crippen LogP contribution in [0.1, 0.15) is 18.1 Å². The van der Waals surface area contributed by atoms with Crippen LogP contribution in [-0.2, 0) is 20.8 Å². The zero-order valence-corrected chi connectivity index (χ0v) is 16.1. The van der Waals surface area contributed by atoms with E-state index in [-0.39, 0.29) is 12.1 Å². The fraction of sp³-hybridized carbons (Fsp3) is 0.136. The molecule has 154 valence electrons. The van der Waals surface area contributed by atoms with Crippen LogP contribution >= 0.6 is 0 Å². The van der Waals surface area contributed by atoms with E-state index in [4.69, 9.17) is 0 Å². The van der Waals surface area contributed by atoms with E-state index in [9.17, 15) is 23.9 Å². The summed E-state index contributed by atoms with van der Waals surface area (Å²) in [7, 11) is 0. The van der Waals surface area contributed by atoms with E-state index in [0.29, 0.717) is 5.56 Å². The van der Waals surface area contributed by atoms with Crippen molar-refractivity contribution >= 4 is 34.8 Å². The average Bonchev–Trinajstić information content (AvgIpc) is 3.11. The lowest BCUT2D eigenvalue weighted by Gasteiger charge is -2.16. The van der Waals surface area contributed by atoms with Crippen molar-refractivity contribution in [2.45, 2.75) is 19.4 Å². The number of rotatable bonds is 7. The fourth-order valence-corrected chi connectivity index (χ4v) is 3.03. The second kappa shape index (κ2) is 9.04. The Bertz CT molecular complexity index is 1120. The Balaban J connectivity index is 1.83. The van der Waals surface area contributed by atoms with Crippen molar-refractivity contribution in [1.82, 2.24) is 15.6 Å². The van der Waals surface area contributed by atoms with Gasteiger partial charge in [-0.25, -0.2) is 9.18 Å². The normalized spacial score (nSPS) is 12.4. The van der Waals surface area contributed by atoms with Crippen LogP contribution in [0.4, 0.5) is 4.39 Å². The number of benzene rings is 2. The first kappa shape index (κ1) is 20.8. The molecule has 0 aliphatic heterocycles. The van der Waals surface area contributed by atoms with Gasteiger partial charge in [-0.1, -0.05) is 30.3 Å². The third kappa shape index (κ3) is 5.11. The molecule has 1 unspecified atom stereocenters. The molecule has 0 aliphatic carbocycles.